The van der Waals surface area contributed by atoms with Crippen LogP contribution in [0.5, 0.6) is 0 Å². The van der Waals surface area contributed by atoms with E-state index in [1.54, 1.807) is 6.07 Å². The normalized spacial score (nSPS) is 13.4. The minimum atomic E-state index is -4.62. The van der Waals surface area contributed by atoms with Gasteiger partial charge in [0.25, 0.3) is 0 Å². The molecule has 3 aromatic rings. The molecule has 0 aliphatic carbocycles. The molecule has 3 rings (SSSR count). The first kappa shape index (κ1) is 17.6. The number of hydrogen-bond acceptors (Lipinski definition) is 3. The molecule has 2 aromatic carbocycles. The topological polar surface area (TPSA) is 51.5 Å². The van der Waals surface area contributed by atoms with E-state index in [1.807, 2.05) is 0 Å². The molecule has 0 bridgehead atoms. The largest absolute Gasteiger partial charge is 0.465 e. The first-order valence-corrected chi connectivity index (χ1v) is 8.55. The molecule has 0 saturated heterocycles. The summed E-state index contributed by atoms with van der Waals surface area (Å²) in [6.07, 6.45) is -4.81. The van der Waals surface area contributed by atoms with Crippen LogP contribution in [0.4, 0.5) is 13.2 Å². The second kappa shape index (κ2) is 7.85. The Morgan fingerprint density at radius 3 is 2.64 bits per heavy atom. The highest BCUT2D eigenvalue weighted by Gasteiger charge is 2.33. The molecule has 0 saturated carbocycles. The van der Waals surface area contributed by atoms with Gasteiger partial charge < -0.3 is 14.4 Å². The number of benzene rings is 2. The van der Waals surface area contributed by atoms with Gasteiger partial charge in [0.1, 0.15) is 0 Å². The molecule has 4 nitrogen and oxygen atoms in total. The number of carbonyl (C=O) groups is 1. The second-order valence-corrected chi connectivity index (χ2v) is 6.56. The summed E-state index contributed by atoms with van der Waals surface area (Å²) >= 11 is 5.74. The van der Waals surface area contributed by atoms with E-state index in [4.69, 9.17) is 14.3 Å². The third-order valence-corrected chi connectivity index (χ3v) is 4.62. The first-order chi connectivity index (χ1) is 13.9. The van der Waals surface area contributed by atoms with Crippen molar-refractivity contribution in [1.29, 1.82) is 0 Å². The molecule has 0 amide bonds. The van der Waals surface area contributed by atoms with Crippen LogP contribution in [0.15, 0.2) is 42.5 Å². The summed E-state index contributed by atoms with van der Waals surface area (Å²) in [6.45, 7) is -3.10. The molecule has 148 valence electrons. The minimum Gasteiger partial charge on any atom is -0.465 e. The molecule has 1 heterocycles. The fourth-order valence-electron chi connectivity index (χ4n) is 3.14. The van der Waals surface area contributed by atoms with Crippen molar-refractivity contribution in [3.63, 3.8) is 0 Å². The lowest BCUT2D eigenvalue weighted by Gasteiger charge is -2.15. The van der Waals surface area contributed by atoms with Crippen molar-refractivity contribution in [2.45, 2.75) is 19.1 Å². The predicted molar refractivity (Wildman–Crippen MR) is 99.6 cm³/mol. The number of aromatic nitrogens is 1. The van der Waals surface area contributed by atoms with E-state index in [1.165, 1.54) is 42.0 Å². The van der Waals surface area contributed by atoms with Crippen molar-refractivity contribution in [1.82, 2.24) is 4.57 Å². The number of methoxy groups -OCH3 is 1. The number of fused-ring (bicyclic) bond motifs is 1. The molecule has 0 spiro atoms. The molecule has 0 radical (unpaired) electrons. The summed E-state index contributed by atoms with van der Waals surface area (Å²) < 4.78 is 61.5. The fraction of sp³-hybridized carbons (Fsp3) is 0.250. The van der Waals surface area contributed by atoms with Crippen LogP contribution in [0.25, 0.3) is 10.9 Å². The standard InChI is InChI=1S/C20H17ClF3NO3/c1-28-19(27)13-3-5-18-14(8-13)10-16(25(18)6-7-26)9-12-2-4-15(21)11-17(12)20(22,23)24/h2-5,8,10-11,26H,6-7,9H2,1H3/i7D2. The number of carbonyl (C=O) groups excluding carboxylic acids is 1. The van der Waals surface area contributed by atoms with Gasteiger partial charge in [0.2, 0.25) is 0 Å². The van der Waals surface area contributed by atoms with Gasteiger partial charge in [0.15, 0.2) is 0 Å². The van der Waals surface area contributed by atoms with Crippen molar-refractivity contribution in [3.8, 4) is 0 Å². The zero-order valence-electron chi connectivity index (χ0n) is 16.7. The van der Waals surface area contributed by atoms with Crippen molar-refractivity contribution >= 4 is 28.5 Å². The van der Waals surface area contributed by atoms with Crippen LogP contribution in [-0.4, -0.2) is 29.3 Å². The van der Waals surface area contributed by atoms with Crippen LogP contribution < -0.4 is 0 Å². The van der Waals surface area contributed by atoms with Gasteiger partial charge >= 0.3 is 12.1 Å². The lowest BCUT2D eigenvalue weighted by atomic mass is 10.0. The van der Waals surface area contributed by atoms with Crippen LogP contribution in [-0.2, 0) is 23.9 Å². The van der Waals surface area contributed by atoms with Crippen molar-refractivity contribution in [3.05, 3.63) is 69.9 Å². The quantitative estimate of drug-likeness (QED) is 0.618. The SMILES string of the molecule is [2H]C([2H])(O)Cn1c(Cc2ccc(Cl)cc2C(F)(F)F)cc2cc(C(=O)OC)ccc21. The number of aliphatic hydroxyl groups is 1. The smallest absolute Gasteiger partial charge is 0.416 e. The monoisotopic (exact) mass is 413 g/mol. The highest BCUT2D eigenvalue weighted by Crippen LogP contribution is 2.35. The number of aryl methyl sites for hydroxylation is 1. The van der Waals surface area contributed by atoms with Gasteiger partial charge in [-0.25, -0.2) is 4.79 Å². The molecular formula is C20H17ClF3NO3. The minimum absolute atomic E-state index is 0.0531. The molecule has 8 heteroatoms. The molecule has 0 aliphatic rings. The van der Waals surface area contributed by atoms with Crippen LogP contribution in [0.1, 0.15) is 29.9 Å². The molecule has 1 aromatic heterocycles. The summed E-state index contributed by atoms with van der Waals surface area (Å²) in [5, 5.41) is 10.1. The summed E-state index contributed by atoms with van der Waals surface area (Å²) in [4.78, 5) is 11.8. The molecule has 0 atom stereocenters. The van der Waals surface area contributed by atoms with E-state index in [9.17, 15) is 23.1 Å². The van der Waals surface area contributed by atoms with Crippen molar-refractivity contribution in [2.24, 2.45) is 0 Å². The molecule has 1 N–H and O–H groups in total. The Morgan fingerprint density at radius 2 is 2.00 bits per heavy atom. The number of ether oxygens (including phenoxy) is 1. The molecule has 0 aliphatic heterocycles. The number of nitrogens with zero attached hydrogens (tertiary/aromatic N) is 1. The van der Waals surface area contributed by atoms with Crippen LogP contribution in [0.2, 0.25) is 5.02 Å². The lowest BCUT2D eigenvalue weighted by molar-refractivity contribution is -0.138. The maximum atomic E-state index is 13.5. The molecular weight excluding hydrogens is 395 g/mol. The number of rotatable bonds is 5. The predicted octanol–water partition coefficient (Wildman–Crippen LogP) is 4.68. The van der Waals surface area contributed by atoms with E-state index >= 15 is 0 Å². The molecule has 0 unspecified atom stereocenters. The van der Waals surface area contributed by atoms with E-state index in [0.717, 1.165) is 6.07 Å². The van der Waals surface area contributed by atoms with Crippen LogP contribution in [0.3, 0.4) is 0 Å². The summed E-state index contributed by atoms with van der Waals surface area (Å²) in [5.74, 6) is -0.583. The zero-order valence-corrected chi connectivity index (χ0v) is 15.4. The Hall–Kier alpha value is -2.51. The lowest BCUT2D eigenvalue weighted by Crippen LogP contribution is -2.12. The number of esters is 1. The van der Waals surface area contributed by atoms with Crippen molar-refractivity contribution < 1.29 is 30.6 Å². The highest BCUT2D eigenvalue weighted by molar-refractivity contribution is 6.30. The van der Waals surface area contributed by atoms with Gasteiger partial charge in [-0.2, -0.15) is 13.2 Å². The second-order valence-electron chi connectivity index (χ2n) is 6.12. The Balaban J connectivity index is 2.15. The van der Waals surface area contributed by atoms with Crippen molar-refractivity contribution in [2.75, 3.05) is 13.7 Å². The third-order valence-electron chi connectivity index (χ3n) is 4.39. The zero-order chi connectivity index (χ0) is 22.3. The fourth-order valence-corrected chi connectivity index (χ4v) is 3.31. The van der Waals surface area contributed by atoms with Gasteiger partial charge in [-0.3, -0.25) is 0 Å². The van der Waals surface area contributed by atoms with E-state index in [2.05, 4.69) is 4.74 Å². The average Bonchev–Trinajstić information content (AvgIpc) is 2.96. The van der Waals surface area contributed by atoms with E-state index < -0.39 is 30.8 Å². The first-order valence-electron chi connectivity index (χ1n) is 9.17. The van der Waals surface area contributed by atoms with Gasteiger partial charge in [-0.05, 0) is 42.0 Å². The summed E-state index contributed by atoms with van der Waals surface area (Å²) in [5.41, 5.74) is 0.0794. The maximum absolute atomic E-state index is 13.5. The Kier molecular flexibility index (Phi) is 4.93. The highest BCUT2D eigenvalue weighted by atomic mass is 35.5. The number of halogens is 4. The van der Waals surface area contributed by atoms with E-state index in [0.29, 0.717) is 16.6 Å². The summed E-state index contributed by atoms with van der Waals surface area (Å²) in [6, 6.07) is 9.50. The Morgan fingerprint density at radius 1 is 1.25 bits per heavy atom. The average molecular weight is 414 g/mol. The van der Waals surface area contributed by atoms with Gasteiger partial charge in [0, 0.05) is 34.6 Å². The van der Waals surface area contributed by atoms with Gasteiger partial charge in [0.05, 0.1) is 27.5 Å². The Bertz CT molecular complexity index is 1110. The van der Waals surface area contributed by atoms with Gasteiger partial charge in [-0.15, -0.1) is 0 Å². The van der Waals surface area contributed by atoms with E-state index in [-0.39, 0.29) is 22.6 Å². The Labute approximate surface area is 166 Å². The van der Waals surface area contributed by atoms with Crippen LogP contribution in [0, 0.1) is 0 Å². The molecule has 28 heavy (non-hydrogen) atoms. The number of alkyl halides is 3. The van der Waals surface area contributed by atoms with Crippen LogP contribution >= 0.6 is 11.6 Å². The third kappa shape index (κ3) is 4.00. The summed E-state index contributed by atoms with van der Waals surface area (Å²) in [7, 11) is 1.22. The number of hydrogen-bond donors (Lipinski definition) is 1. The maximum Gasteiger partial charge on any atom is 0.416 e. The molecule has 0 fully saturated rings. The van der Waals surface area contributed by atoms with Gasteiger partial charge in [-0.1, -0.05) is 17.7 Å².